The molecule has 0 spiro atoms. The highest BCUT2D eigenvalue weighted by atomic mass is 16.1. The van der Waals surface area contributed by atoms with Crippen LogP contribution in [0, 0.1) is 0 Å². The van der Waals surface area contributed by atoms with Gasteiger partial charge in [-0.3, -0.25) is 4.79 Å². The van der Waals surface area contributed by atoms with E-state index in [0.717, 1.165) is 16.8 Å². The Bertz CT molecular complexity index is 1020. The van der Waals surface area contributed by atoms with Gasteiger partial charge in [-0.1, -0.05) is 36.4 Å². The van der Waals surface area contributed by atoms with Gasteiger partial charge >= 0.3 is 0 Å². The maximum absolute atomic E-state index is 12.6. The van der Waals surface area contributed by atoms with Gasteiger partial charge in [-0.25, -0.2) is 9.67 Å². The lowest BCUT2D eigenvalue weighted by molar-refractivity contribution is 0.0954. The van der Waals surface area contributed by atoms with Crippen LogP contribution in [-0.2, 0) is 6.42 Å². The number of hydrogen-bond acceptors (Lipinski definition) is 3. The van der Waals surface area contributed by atoms with Crippen LogP contribution in [0.5, 0.6) is 0 Å². The van der Waals surface area contributed by atoms with Crippen molar-refractivity contribution >= 4 is 5.91 Å². The molecule has 4 aromatic rings. The highest BCUT2D eigenvalue weighted by molar-refractivity contribution is 6.00. The van der Waals surface area contributed by atoms with Crippen LogP contribution < -0.4 is 5.32 Å². The van der Waals surface area contributed by atoms with E-state index in [1.807, 2.05) is 65.6 Å². The van der Waals surface area contributed by atoms with Gasteiger partial charge in [0.1, 0.15) is 5.82 Å². The molecule has 0 fully saturated rings. The SMILES string of the molecule is O=C(NCCc1cnn(-c2ccccc2)c1)c1ccccc1-c1ncc[nH]1. The molecule has 0 atom stereocenters. The monoisotopic (exact) mass is 357 g/mol. The molecule has 6 nitrogen and oxygen atoms in total. The Morgan fingerprint density at radius 2 is 1.89 bits per heavy atom. The molecule has 2 aromatic carbocycles. The van der Waals surface area contributed by atoms with E-state index < -0.39 is 0 Å². The number of nitrogens with zero attached hydrogens (tertiary/aromatic N) is 3. The lowest BCUT2D eigenvalue weighted by atomic mass is 10.1. The van der Waals surface area contributed by atoms with Crippen molar-refractivity contribution < 1.29 is 4.79 Å². The average Bonchev–Trinajstić information content (AvgIpc) is 3.41. The molecule has 0 aliphatic carbocycles. The fraction of sp³-hybridized carbons (Fsp3) is 0.0952. The first kappa shape index (κ1) is 16.8. The number of carbonyl (C=O) groups excluding carboxylic acids is 1. The van der Waals surface area contributed by atoms with E-state index in [9.17, 15) is 4.79 Å². The van der Waals surface area contributed by atoms with Crippen LogP contribution in [0.4, 0.5) is 0 Å². The van der Waals surface area contributed by atoms with E-state index in [0.29, 0.717) is 24.4 Å². The second kappa shape index (κ2) is 7.70. The van der Waals surface area contributed by atoms with Gasteiger partial charge in [0.2, 0.25) is 0 Å². The predicted octanol–water partition coefficient (Wildman–Crippen LogP) is 3.23. The first-order chi connectivity index (χ1) is 13.3. The second-order valence-electron chi connectivity index (χ2n) is 6.12. The molecule has 0 saturated heterocycles. The van der Waals surface area contributed by atoms with Gasteiger partial charge in [0.15, 0.2) is 0 Å². The van der Waals surface area contributed by atoms with Crippen LogP contribution in [0.1, 0.15) is 15.9 Å². The maximum Gasteiger partial charge on any atom is 0.252 e. The molecule has 0 radical (unpaired) electrons. The normalized spacial score (nSPS) is 10.7. The van der Waals surface area contributed by atoms with Crippen molar-refractivity contribution in [3.05, 3.63) is 90.5 Å². The van der Waals surface area contributed by atoms with E-state index in [1.165, 1.54) is 0 Å². The fourth-order valence-corrected chi connectivity index (χ4v) is 2.93. The number of aromatic nitrogens is 4. The molecule has 6 heteroatoms. The number of nitrogens with one attached hydrogen (secondary N) is 2. The molecule has 0 unspecified atom stereocenters. The van der Waals surface area contributed by atoms with Gasteiger partial charge in [-0.15, -0.1) is 0 Å². The number of benzene rings is 2. The highest BCUT2D eigenvalue weighted by Gasteiger charge is 2.13. The minimum absolute atomic E-state index is 0.113. The number of aromatic amines is 1. The molecule has 0 aliphatic heterocycles. The van der Waals surface area contributed by atoms with Gasteiger partial charge in [0, 0.05) is 30.7 Å². The fourth-order valence-electron chi connectivity index (χ4n) is 2.93. The lowest BCUT2D eigenvalue weighted by Gasteiger charge is -2.08. The molecule has 2 aromatic heterocycles. The zero-order valence-electron chi connectivity index (χ0n) is 14.7. The Morgan fingerprint density at radius 1 is 1.07 bits per heavy atom. The standard InChI is InChI=1S/C21H19N5O/c27-21(19-9-5-4-8-18(19)20-22-12-13-23-20)24-11-10-16-14-25-26(15-16)17-6-2-1-3-7-17/h1-9,12-15H,10-11H2,(H,22,23)(H,24,27). The third kappa shape index (κ3) is 3.79. The Labute approximate surface area is 156 Å². The summed E-state index contributed by atoms with van der Waals surface area (Å²) in [6, 6.07) is 17.4. The van der Waals surface area contributed by atoms with Gasteiger partial charge in [-0.2, -0.15) is 5.10 Å². The van der Waals surface area contributed by atoms with Crippen LogP contribution in [0.15, 0.2) is 79.4 Å². The number of hydrogen-bond donors (Lipinski definition) is 2. The quantitative estimate of drug-likeness (QED) is 0.556. The summed E-state index contributed by atoms with van der Waals surface area (Å²) in [6.07, 6.45) is 7.94. The van der Waals surface area contributed by atoms with Crippen molar-refractivity contribution in [2.45, 2.75) is 6.42 Å². The summed E-state index contributed by atoms with van der Waals surface area (Å²) in [5.41, 5.74) is 3.47. The van der Waals surface area contributed by atoms with Crippen LogP contribution in [0.25, 0.3) is 17.1 Å². The topological polar surface area (TPSA) is 75.6 Å². The van der Waals surface area contributed by atoms with Crippen molar-refractivity contribution in [1.29, 1.82) is 0 Å². The highest BCUT2D eigenvalue weighted by Crippen LogP contribution is 2.19. The number of amides is 1. The van der Waals surface area contributed by atoms with Crippen LogP contribution in [0.3, 0.4) is 0 Å². The molecule has 0 aliphatic rings. The Kier molecular flexibility index (Phi) is 4.78. The summed E-state index contributed by atoms with van der Waals surface area (Å²) in [7, 11) is 0. The number of H-pyrrole nitrogens is 1. The molecule has 1 amide bonds. The maximum atomic E-state index is 12.6. The third-order valence-corrected chi connectivity index (χ3v) is 4.28. The van der Waals surface area contributed by atoms with E-state index >= 15 is 0 Å². The number of imidazole rings is 1. The van der Waals surface area contributed by atoms with Crippen LogP contribution >= 0.6 is 0 Å². The lowest BCUT2D eigenvalue weighted by Crippen LogP contribution is -2.26. The average molecular weight is 357 g/mol. The molecular weight excluding hydrogens is 338 g/mol. The van der Waals surface area contributed by atoms with Gasteiger partial charge < -0.3 is 10.3 Å². The van der Waals surface area contributed by atoms with E-state index in [4.69, 9.17) is 0 Å². The summed E-state index contributed by atoms with van der Waals surface area (Å²) >= 11 is 0. The number of rotatable bonds is 6. The molecule has 4 rings (SSSR count). The summed E-state index contributed by atoms with van der Waals surface area (Å²) in [5, 5.41) is 7.36. The van der Waals surface area contributed by atoms with Crippen LogP contribution in [-0.4, -0.2) is 32.2 Å². The van der Waals surface area contributed by atoms with Gasteiger partial charge in [0.05, 0.1) is 17.4 Å². The summed E-state index contributed by atoms with van der Waals surface area (Å²) in [6.45, 7) is 0.534. The number of para-hydroxylation sites is 1. The Hall–Kier alpha value is -3.67. The van der Waals surface area contributed by atoms with E-state index in [1.54, 1.807) is 18.5 Å². The third-order valence-electron chi connectivity index (χ3n) is 4.28. The predicted molar refractivity (Wildman–Crippen MR) is 104 cm³/mol. The summed E-state index contributed by atoms with van der Waals surface area (Å²) in [5.74, 6) is 0.572. The van der Waals surface area contributed by atoms with Crippen molar-refractivity contribution in [2.24, 2.45) is 0 Å². The summed E-state index contributed by atoms with van der Waals surface area (Å²) < 4.78 is 1.84. The second-order valence-corrected chi connectivity index (χ2v) is 6.12. The van der Waals surface area contributed by atoms with E-state index in [2.05, 4.69) is 20.4 Å². The molecule has 2 heterocycles. The van der Waals surface area contributed by atoms with Crippen molar-refractivity contribution in [3.63, 3.8) is 0 Å². The van der Waals surface area contributed by atoms with Crippen molar-refractivity contribution in [3.8, 4) is 17.1 Å². The van der Waals surface area contributed by atoms with E-state index in [-0.39, 0.29) is 5.91 Å². The smallest absolute Gasteiger partial charge is 0.252 e. The largest absolute Gasteiger partial charge is 0.352 e. The Morgan fingerprint density at radius 3 is 2.70 bits per heavy atom. The van der Waals surface area contributed by atoms with Gasteiger partial charge in [0.25, 0.3) is 5.91 Å². The molecule has 27 heavy (non-hydrogen) atoms. The molecular formula is C21H19N5O. The van der Waals surface area contributed by atoms with Crippen LogP contribution in [0.2, 0.25) is 0 Å². The first-order valence-electron chi connectivity index (χ1n) is 8.77. The molecule has 0 saturated carbocycles. The molecule has 134 valence electrons. The van der Waals surface area contributed by atoms with Gasteiger partial charge in [-0.05, 0) is 30.2 Å². The molecule has 2 N–H and O–H groups in total. The Balaban J connectivity index is 1.39. The minimum atomic E-state index is -0.113. The first-order valence-corrected chi connectivity index (χ1v) is 8.77. The number of carbonyl (C=O) groups is 1. The van der Waals surface area contributed by atoms with Crippen molar-refractivity contribution in [2.75, 3.05) is 6.54 Å². The molecule has 0 bridgehead atoms. The van der Waals surface area contributed by atoms with Crippen molar-refractivity contribution in [1.82, 2.24) is 25.1 Å². The summed E-state index contributed by atoms with van der Waals surface area (Å²) in [4.78, 5) is 19.9. The minimum Gasteiger partial charge on any atom is -0.352 e. The zero-order chi connectivity index (χ0) is 18.5. The zero-order valence-corrected chi connectivity index (χ0v) is 14.7.